The van der Waals surface area contributed by atoms with Crippen LogP contribution in [0.25, 0.3) is 0 Å². The van der Waals surface area contributed by atoms with Gasteiger partial charge in [-0.2, -0.15) is 13.5 Å². The first kappa shape index (κ1) is 36.3. The van der Waals surface area contributed by atoms with Crippen LogP contribution in [0, 0.1) is 0 Å². The van der Waals surface area contributed by atoms with Crippen LogP contribution in [-0.2, 0) is 24.3 Å². The molecule has 0 aliphatic heterocycles. The van der Waals surface area contributed by atoms with Gasteiger partial charge in [0.15, 0.2) is 0 Å². The van der Waals surface area contributed by atoms with Gasteiger partial charge < -0.3 is 12.0 Å². The van der Waals surface area contributed by atoms with Crippen molar-refractivity contribution in [3.8, 4) is 0 Å². The minimum atomic E-state index is -0.653. The Morgan fingerprint density at radius 3 is 1.21 bits per heavy atom. The Morgan fingerprint density at radius 2 is 0.958 bits per heavy atom. The van der Waals surface area contributed by atoms with Crippen LogP contribution < -0.4 is 29.6 Å². The summed E-state index contributed by atoms with van der Waals surface area (Å²) in [5, 5.41) is 8.52. The Hall–Kier alpha value is 1.40. The van der Waals surface area contributed by atoms with Crippen molar-refractivity contribution in [2.75, 3.05) is 0 Å². The molecule has 6 heteroatoms. The molecule has 0 saturated carbocycles. The number of aliphatic carboxylic acids is 1. The largest absolute Gasteiger partial charge is 1.00 e. The summed E-state index contributed by atoms with van der Waals surface area (Å²) in [5.74, 6) is -0.653. The van der Waals surface area contributed by atoms with Gasteiger partial charge in [0.2, 0.25) is 0 Å². The predicted molar refractivity (Wildman–Crippen MR) is 102 cm³/mol. The van der Waals surface area contributed by atoms with E-state index in [-0.39, 0.29) is 69.4 Å². The normalized spacial score (nSPS) is 9.04. The molecule has 0 amide bonds. The van der Waals surface area contributed by atoms with E-state index >= 15 is 0 Å². The van der Waals surface area contributed by atoms with Gasteiger partial charge in [0.05, 0.1) is 0 Å². The molecular weight excluding hydrogens is 385 g/mol. The molecular formula is C18H41NaO3SZn. The van der Waals surface area contributed by atoms with E-state index in [1.165, 1.54) is 83.5 Å². The number of hydrogen-bond donors (Lipinski definition) is 1. The zero-order valence-electron chi connectivity index (χ0n) is 17.4. The molecule has 0 unspecified atom stereocenters. The fourth-order valence-corrected chi connectivity index (χ4v) is 2.65. The van der Waals surface area contributed by atoms with Gasteiger partial charge in [-0.1, -0.05) is 96.8 Å². The molecule has 0 saturated heterocycles. The summed E-state index contributed by atoms with van der Waals surface area (Å²) in [4.78, 5) is 10.3. The molecule has 24 heavy (non-hydrogen) atoms. The molecule has 0 atom stereocenters. The quantitative estimate of drug-likeness (QED) is 0.305. The van der Waals surface area contributed by atoms with Crippen molar-refractivity contribution in [3.63, 3.8) is 0 Å². The molecule has 0 aliphatic carbocycles. The van der Waals surface area contributed by atoms with Crippen LogP contribution in [0.4, 0.5) is 0 Å². The molecule has 0 spiro atoms. The predicted octanol–water partition coefficient (Wildman–Crippen LogP) is 2.73. The van der Waals surface area contributed by atoms with Crippen molar-refractivity contribution in [1.82, 2.24) is 0 Å². The van der Waals surface area contributed by atoms with Gasteiger partial charge in [-0.15, -0.1) is 0 Å². The van der Waals surface area contributed by atoms with E-state index in [1.54, 1.807) is 0 Å². The first-order valence-electron chi connectivity index (χ1n) is 8.99. The fraction of sp³-hybridized carbons (Fsp3) is 0.944. The third-order valence-electron chi connectivity index (χ3n) is 3.99. The Kier molecular flexibility index (Phi) is 48.6. The van der Waals surface area contributed by atoms with Gasteiger partial charge in [-0.25, -0.2) is 0 Å². The van der Waals surface area contributed by atoms with Crippen LogP contribution in [0.15, 0.2) is 0 Å². The second-order valence-electron chi connectivity index (χ2n) is 6.09. The van der Waals surface area contributed by atoms with Crippen molar-refractivity contribution in [2.45, 2.75) is 110 Å². The number of carboxylic acid groups (broad SMARTS) is 1. The maximum Gasteiger partial charge on any atom is 1.00 e. The van der Waals surface area contributed by atoms with E-state index in [1.807, 2.05) is 0 Å². The zero-order valence-corrected chi connectivity index (χ0v) is 22.3. The second-order valence-corrected chi connectivity index (χ2v) is 6.09. The SMILES string of the molecule is CCCCCCCCCCCCCCCCCC(=O)O.O.S.[H-].[Na+].[Zn]. The topological polar surface area (TPSA) is 68.8 Å². The van der Waals surface area contributed by atoms with Gasteiger partial charge >= 0.3 is 35.5 Å². The van der Waals surface area contributed by atoms with Crippen LogP contribution >= 0.6 is 13.5 Å². The average Bonchev–Trinajstić information content (AvgIpc) is 2.43. The van der Waals surface area contributed by atoms with Gasteiger partial charge in [0, 0.05) is 25.9 Å². The van der Waals surface area contributed by atoms with E-state index in [0.29, 0.717) is 6.42 Å². The Labute approximate surface area is 193 Å². The fourth-order valence-electron chi connectivity index (χ4n) is 2.65. The summed E-state index contributed by atoms with van der Waals surface area (Å²) in [5.41, 5.74) is 0. The van der Waals surface area contributed by atoms with Gasteiger partial charge in [0.25, 0.3) is 0 Å². The molecule has 0 aliphatic rings. The summed E-state index contributed by atoms with van der Waals surface area (Å²) in [7, 11) is 0. The monoisotopic (exact) mass is 424 g/mol. The summed E-state index contributed by atoms with van der Waals surface area (Å²) < 4.78 is 0. The summed E-state index contributed by atoms with van der Waals surface area (Å²) >= 11 is 0. The maximum atomic E-state index is 10.3. The first-order chi connectivity index (χ1) is 9.77. The Morgan fingerprint density at radius 1 is 0.708 bits per heavy atom. The molecule has 3 nitrogen and oxygen atoms in total. The van der Waals surface area contributed by atoms with Crippen molar-refractivity contribution in [3.05, 3.63) is 0 Å². The number of carbonyl (C=O) groups is 1. The molecule has 0 aromatic rings. The van der Waals surface area contributed by atoms with Crippen molar-refractivity contribution in [1.29, 1.82) is 0 Å². The van der Waals surface area contributed by atoms with E-state index in [0.717, 1.165) is 12.8 Å². The standard InChI is InChI=1S/C18H36O2.Na.H2O.H2S.Zn.H/c1-2-3-4-5-6-7-8-9-10-11-12-13-14-15-16-17-18(19)20;;;;;/h2-17H2,1H3,(H,19,20);;2*1H2;;/q;+1;;;;-1. The van der Waals surface area contributed by atoms with Gasteiger partial charge in [0.1, 0.15) is 0 Å². The van der Waals surface area contributed by atoms with Crippen LogP contribution in [0.1, 0.15) is 111 Å². The van der Waals surface area contributed by atoms with E-state index in [4.69, 9.17) is 5.11 Å². The minimum absolute atomic E-state index is 0. The van der Waals surface area contributed by atoms with E-state index < -0.39 is 5.97 Å². The van der Waals surface area contributed by atoms with Crippen molar-refractivity contribution < 1.29 is 65.8 Å². The van der Waals surface area contributed by atoms with E-state index in [2.05, 4.69) is 6.92 Å². The van der Waals surface area contributed by atoms with Gasteiger partial charge in [-0.3, -0.25) is 4.79 Å². The smallest absolute Gasteiger partial charge is 1.00 e. The summed E-state index contributed by atoms with van der Waals surface area (Å²) in [6, 6.07) is 0. The minimum Gasteiger partial charge on any atom is -1.00 e. The second kappa shape index (κ2) is 32.1. The Bertz CT molecular complexity index is 228. The van der Waals surface area contributed by atoms with Crippen LogP contribution in [-0.4, -0.2) is 16.6 Å². The third-order valence-corrected chi connectivity index (χ3v) is 3.99. The van der Waals surface area contributed by atoms with Gasteiger partial charge in [-0.05, 0) is 6.42 Å². The zero-order chi connectivity index (χ0) is 14.9. The molecule has 0 fully saturated rings. The maximum absolute atomic E-state index is 10.3. The average molecular weight is 426 g/mol. The van der Waals surface area contributed by atoms with Crippen LogP contribution in [0.2, 0.25) is 0 Å². The molecule has 0 heterocycles. The van der Waals surface area contributed by atoms with Crippen LogP contribution in [0.3, 0.4) is 0 Å². The number of unbranched alkanes of at least 4 members (excludes halogenated alkanes) is 14. The Balaban J connectivity index is -0.000000180. The number of rotatable bonds is 16. The molecule has 0 bridgehead atoms. The molecule has 0 rings (SSSR count). The first-order valence-corrected chi connectivity index (χ1v) is 8.99. The summed E-state index contributed by atoms with van der Waals surface area (Å²) in [6.07, 6.45) is 20.2. The molecule has 0 aromatic carbocycles. The molecule has 0 radical (unpaired) electrons. The summed E-state index contributed by atoms with van der Waals surface area (Å²) in [6.45, 7) is 2.27. The van der Waals surface area contributed by atoms with Crippen molar-refractivity contribution >= 4 is 19.5 Å². The van der Waals surface area contributed by atoms with E-state index in [9.17, 15) is 4.79 Å². The molecule has 140 valence electrons. The third kappa shape index (κ3) is 34.7. The molecule has 0 aromatic heterocycles. The number of hydrogen-bond acceptors (Lipinski definition) is 1. The van der Waals surface area contributed by atoms with Crippen LogP contribution in [0.5, 0.6) is 0 Å². The number of carboxylic acids is 1. The van der Waals surface area contributed by atoms with Crippen molar-refractivity contribution in [2.24, 2.45) is 0 Å². The molecule has 3 N–H and O–H groups in total.